The van der Waals surface area contributed by atoms with Crippen LogP contribution >= 0.6 is 11.6 Å². The number of aliphatic hydroxyl groups is 1. The predicted octanol–water partition coefficient (Wildman–Crippen LogP) is 0.635. The van der Waals surface area contributed by atoms with Crippen LogP contribution in [0.2, 0.25) is 0 Å². The standard InChI is InChI=1S/C11H13ClFN5O2/c12-2-11(3-19)6(13)1-7(20-11)18-5-17-8-9(14)15-4-16-10(8)18/h4-7,19H,1-3H2,(H2,14,15,16)/t6-,7+,11+/m0/s1. The molecule has 1 aliphatic rings. The molecule has 0 saturated carbocycles. The van der Waals surface area contributed by atoms with Gasteiger partial charge < -0.3 is 15.6 Å². The zero-order chi connectivity index (χ0) is 14.3. The third-order valence-electron chi connectivity index (χ3n) is 3.54. The van der Waals surface area contributed by atoms with E-state index in [-0.39, 0.29) is 18.1 Å². The number of alkyl halides is 2. The first-order valence-electron chi connectivity index (χ1n) is 6.03. The molecule has 0 spiro atoms. The Balaban J connectivity index is 1.99. The summed E-state index contributed by atoms with van der Waals surface area (Å²) >= 11 is 5.73. The van der Waals surface area contributed by atoms with Crippen LogP contribution in [0.1, 0.15) is 12.6 Å². The smallest absolute Gasteiger partial charge is 0.167 e. The molecule has 1 saturated heterocycles. The van der Waals surface area contributed by atoms with E-state index in [1.165, 1.54) is 12.7 Å². The molecule has 108 valence electrons. The van der Waals surface area contributed by atoms with Gasteiger partial charge in [0.2, 0.25) is 0 Å². The number of ether oxygens (including phenoxy) is 1. The summed E-state index contributed by atoms with van der Waals surface area (Å²) in [5.74, 6) is 0.111. The maximum Gasteiger partial charge on any atom is 0.167 e. The van der Waals surface area contributed by atoms with E-state index < -0.39 is 24.6 Å². The van der Waals surface area contributed by atoms with E-state index >= 15 is 0 Å². The van der Waals surface area contributed by atoms with Crippen LogP contribution in [-0.4, -0.2) is 48.9 Å². The Labute approximate surface area is 118 Å². The quantitative estimate of drug-likeness (QED) is 0.807. The van der Waals surface area contributed by atoms with Gasteiger partial charge in [0.1, 0.15) is 29.8 Å². The van der Waals surface area contributed by atoms with E-state index in [0.29, 0.717) is 11.2 Å². The zero-order valence-corrected chi connectivity index (χ0v) is 11.2. The van der Waals surface area contributed by atoms with Crippen molar-refractivity contribution in [2.75, 3.05) is 18.2 Å². The van der Waals surface area contributed by atoms with Gasteiger partial charge in [0.25, 0.3) is 0 Å². The number of aliphatic hydroxyl groups excluding tert-OH is 1. The summed E-state index contributed by atoms with van der Waals surface area (Å²) in [5.41, 5.74) is 5.20. The molecule has 3 atom stereocenters. The van der Waals surface area contributed by atoms with Gasteiger partial charge in [0.05, 0.1) is 18.8 Å². The first-order chi connectivity index (χ1) is 9.61. The molecule has 9 heteroatoms. The van der Waals surface area contributed by atoms with Crippen molar-refractivity contribution in [3.05, 3.63) is 12.7 Å². The number of hydrogen-bond acceptors (Lipinski definition) is 6. The molecule has 3 rings (SSSR count). The maximum atomic E-state index is 14.1. The van der Waals surface area contributed by atoms with Crippen molar-refractivity contribution in [3.63, 3.8) is 0 Å². The second-order valence-electron chi connectivity index (χ2n) is 4.72. The van der Waals surface area contributed by atoms with Crippen LogP contribution < -0.4 is 5.73 Å². The highest BCUT2D eigenvalue weighted by molar-refractivity contribution is 6.18. The Morgan fingerprint density at radius 3 is 3.00 bits per heavy atom. The molecule has 2 aromatic rings. The molecule has 0 radical (unpaired) electrons. The first-order valence-corrected chi connectivity index (χ1v) is 6.56. The van der Waals surface area contributed by atoms with Gasteiger partial charge in [-0.25, -0.2) is 19.3 Å². The highest BCUT2D eigenvalue weighted by Crippen LogP contribution is 2.40. The summed E-state index contributed by atoms with van der Waals surface area (Å²) in [7, 11) is 0. The largest absolute Gasteiger partial charge is 0.393 e. The van der Waals surface area contributed by atoms with Gasteiger partial charge in [0, 0.05) is 6.42 Å². The fraction of sp³-hybridized carbons (Fsp3) is 0.545. The molecule has 3 N–H and O–H groups in total. The average Bonchev–Trinajstić information content (AvgIpc) is 3.01. The Hall–Kier alpha value is -1.51. The Kier molecular flexibility index (Phi) is 3.23. The molecule has 0 bridgehead atoms. The van der Waals surface area contributed by atoms with Crippen molar-refractivity contribution in [1.82, 2.24) is 19.5 Å². The Morgan fingerprint density at radius 2 is 2.35 bits per heavy atom. The monoisotopic (exact) mass is 301 g/mol. The van der Waals surface area contributed by atoms with Crippen LogP contribution in [0.4, 0.5) is 10.2 Å². The Bertz CT molecular complexity index is 632. The van der Waals surface area contributed by atoms with E-state index in [1.807, 2.05) is 0 Å². The molecule has 2 aromatic heterocycles. The summed E-state index contributed by atoms with van der Waals surface area (Å²) in [6, 6.07) is 0. The van der Waals surface area contributed by atoms with Gasteiger partial charge in [-0.05, 0) is 0 Å². The van der Waals surface area contributed by atoms with Crippen molar-refractivity contribution < 1.29 is 14.2 Å². The van der Waals surface area contributed by atoms with Gasteiger partial charge in [-0.3, -0.25) is 4.57 Å². The van der Waals surface area contributed by atoms with Gasteiger partial charge in [0.15, 0.2) is 11.5 Å². The minimum atomic E-state index is -1.39. The minimum Gasteiger partial charge on any atom is -0.393 e. The third-order valence-corrected chi connectivity index (χ3v) is 3.99. The lowest BCUT2D eigenvalue weighted by molar-refractivity contribution is -0.0998. The van der Waals surface area contributed by atoms with E-state index in [0.717, 1.165) is 0 Å². The van der Waals surface area contributed by atoms with Gasteiger partial charge >= 0.3 is 0 Å². The van der Waals surface area contributed by atoms with Gasteiger partial charge in [-0.1, -0.05) is 0 Å². The minimum absolute atomic E-state index is 0.0582. The number of hydrogen-bond donors (Lipinski definition) is 2. The number of halogens is 2. The topological polar surface area (TPSA) is 99.1 Å². The van der Waals surface area contributed by atoms with Crippen molar-refractivity contribution in [2.45, 2.75) is 24.4 Å². The van der Waals surface area contributed by atoms with Crippen molar-refractivity contribution in [1.29, 1.82) is 0 Å². The van der Waals surface area contributed by atoms with E-state index in [1.54, 1.807) is 4.57 Å². The van der Waals surface area contributed by atoms with E-state index in [9.17, 15) is 9.50 Å². The molecule has 0 amide bonds. The molecule has 3 heterocycles. The molecular formula is C11H13ClFN5O2. The normalized spacial score (nSPS) is 30.1. The van der Waals surface area contributed by atoms with Crippen LogP contribution in [0, 0.1) is 0 Å². The zero-order valence-electron chi connectivity index (χ0n) is 10.4. The molecule has 20 heavy (non-hydrogen) atoms. The average molecular weight is 302 g/mol. The number of imidazole rings is 1. The number of anilines is 1. The van der Waals surface area contributed by atoms with Crippen LogP contribution in [0.15, 0.2) is 12.7 Å². The van der Waals surface area contributed by atoms with Crippen molar-refractivity contribution in [2.24, 2.45) is 0 Å². The van der Waals surface area contributed by atoms with E-state index in [4.69, 9.17) is 22.1 Å². The second-order valence-corrected chi connectivity index (χ2v) is 4.98. The van der Waals surface area contributed by atoms with Crippen LogP contribution in [0.3, 0.4) is 0 Å². The lowest BCUT2D eigenvalue weighted by Crippen LogP contribution is -2.43. The first kappa shape index (κ1) is 13.5. The fourth-order valence-corrected chi connectivity index (χ4v) is 2.64. The summed E-state index contributed by atoms with van der Waals surface area (Å²) in [6.45, 7) is -0.488. The lowest BCUT2D eigenvalue weighted by Gasteiger charge is -2.26. The van der Waals surface area contributed by atoms with E-state index in [2.05, 4.69) is 15.0 Å². The number of rotatable bonds is 3. The molecular weight excluding hydrogens is 289 g/mol. The SMILES string of the molecule is Nc1ncnc2c1ncn2[C@H]1C[C@H](F)[C@](CO)(CCl)O1. The highest BCUT2D eigenvalue weighted by atomic mass is 35.5. The summed E-state index contributed by atoms with van der Waals surface area (Å²) < 4.78 is 21.3. The number of aromatic nitrogens is 4. The maximum absolute atomic E-state index is 14.1. The highest BCUT2D eigenvalue weighted by Gasteiger charge is 2.49. The molecule has 0 aliphatic carbocycles. The fourth-order valence-electron chi connectivity index (χ4n) is 2.33. The Morgan fingerprint density at radius 1 is 1.55 bits per heavy atom. The molecule has 7 nitrogen and oxygen atoms in total. The second kappa shape index (κ2) is 4.80. The lowest BCUT2D eigenvalue weighted by atomic mass is 10.0. The third kappa shape index (κ3) is 1.83. The van der Waals surface area contributed by atoms with Crippen LogP contribution in [-0.2, 0) is 4.74 Å². The van der Waals surface area contributed by atoms with Gasteiger partial charge in [-0.2, -0.15) is 0 Å². The van der Waals surface area contributed by atoms with Crippen LogP contribution in [0.25, 0.3) is 11.2 Å². The molecule has 0 unspecified atom stereocenters. The summed E-state index contributed by atoms with van der Waals surface area (Å²) in [5, 5.41) is 9.34. The van der Waals surface area contributed by atoms with Gasteiger partial charge in [-0.15, -0.1) is 11.6 Å². The number of fused-ring (bicyclic) bond motifs is 1. The summed E-state index contributed by atoms with van der Waals surface area (Å²) in [4.78, 5) is 12.0. The number of nitrogen functional groups attached to an aromatic ring is 1. The molecule has 1 fully saturated rings. The van der Waals surface area contributed by atoms with Crippen LogP contribution in [0.5, 0.6) is 0 Å². The predicted molar refractivity (Wildman–Crippen MR) is 69.9 cm³/mol. The molecule has 0 aromatic carbocycles. The van der Waals surface area contributed by atoms with Crippen molar-refractivity contribution >= 4 is 28.6 Å². The van der Waals surface area contributed by atoms with Crippen molar-refractivity contribution in [3.8, 4) is 0 Å². The number of nitrogens with two attached hydrogens (primary N) is 1. The number of nitrogens with zero attached hydrogens (tertiary/aromatic N) is 4. The summed E-state index contributed by atoms with van der Waals surface area (Å²) in [6.07, 6.45) is 0.817. The molecule has 1 aliphatic heterocycles.